The Kier molecular flexibility index (Phi) is 3.11. The van der Waals surface area contributed by atoms with E-state index in [1.165, 1.54) is 0 Å². The zero-order valence-corrected chi connectivity index (χ0v) is 12.6. The number of anilines is 1. The summed E-state index contributed by atoms with van der Waals surface area (Å²) in [6.07, 6.45) is 0. The van der Waals surface area contributed by atoms with Crippen LogP contribution in [0.1, 0.15) is 12.6 Å². The van der Waals surface area contributed by atoms with E-state index in [0.717, 1.165) is 16.9 Å². The van der Waals surface area contributed by atoms with Gasteiger partial charge in [-0.05, 0) is 26.0 Å². The van der Waals surface area contributed by atoms with Crippen molar-refractivity contribution in [3.05, 3.63) is 33.9 Å². The minimum Gasteiger partial charge on any atom is -0.369 e. The van der Waals surface area contributed by atoms with Crippen molar-refractivity contribution >= 4 is 40.3 Å². The zero-order chi connectivity index (χ0) is 14.4. The Morgan fingerprint density at radius 2 is 2.05 bits per heavy atom. The molecule has 7 heteroatoms. The van der Waals surface area contributed by atoms with Crippen molar-refractivity contribution in [3.8, 4) is 5.69 Å². The summed E-state index contributed by atoms with van der Waals surface area (Å²) >= 11 is 12.4. The molecular weight excluding hydrogens is 297 g/mol. The summed E-state index contributed by atoms with van der Waals surface area (Å²) in [6.45, 7) is 4.64. The molecule has 0 amide bonds. The molecule has 3 aromatic rings. The summed E-state index contributed by atoms with van der Waals surface area (Å²) < 4.78 is 3.64. The van der Waals surface area contributed by atoms with Crippen molar-refractivity contribution in [3.63, 3.8) is 0 Å². The summed E-state index contributed by atoms with van der Waals surface area (Å²) in [7, 11) is 0. The van der Waals surface area contributed by atoms with Gasteiger partial charge in [0.15, 0.2) is 5.65 Å². The third kappa shape index (κ3) is 1.77. The fourth-order valence-electron chi connectivity index (χ4n) is 2.31. The minimum absolute atomic E-state index is 0.367. The lowest BCUT2D eigenvalue weighted by Gasteiger charge is -2.10. The van der Waals surface area contributed by atoms with Gasteiger partial charge in [-0.1, -0.05) is 29.3 Å². The topological polar surface area (TPSA) is 61.7 Å². The molecule has 5 nitrogen and oxygen atoms in total. The normalized spacial score (nSPS) is 11.4. The lowest BCUT2D eigenvalue weighted by atomic mass is 10.3. The standard InChI is InChI=1S/C13H13Cl2N5/c1-3-19-12-11(7(2)18-19)17-13(16)20(12)9-6-4-5-8(14)10(9)15/h4-6H,3H2,1-2H3,(H2,16,17). The summed E-state index contributed by atoms with van der Waals surface area (Å²) in [5.41, 5.74) is 9.19. The van der Waals surface area contributed by atoms with Gasteiger partial charge in [0.05, 0.1) is 21.4 Å². The van der Waals surface area contributed by atoms with Crippen LogP contribution in [0.5, 0.6) is 0 Å². The third-order valence-electron chi connectivity index (χ3n) is 3.21. The second-order valence-corrected chi connectivity index (χ2v) is 5.24. The molecule has 0 aliphatic rings. The van der Waals surface area contributed by atoms with Crippen LogP contribution in [0.2, 0.25) is 10.0 Å². The molecule has 0 aliphatic heterocycles. The first kappa shape index (κ1) is 13.3. The van der Waals surface area contributed by atoms with Crippen LogP contribution in [0, 0.1) is 6.92 Å². The Labute approximate surface area is 125 Å². The first-order chi connectivity index (χ1) is 9.54. The number of nitrogens with two attached hydrogens (primary N) is 1. The van der Waals surface area contributed by atoms with E-state index < -0.39 is 0 Å². The van der Waals surface area contributed by atoms with Gasteiger partial charge >= 0.3 is 0 Å². The molecule has 0 saturated heterocycles. The first-order valence-electron chi connectivity index (χ1n) is 6.20. The second kappa shape index (κ2) is 4.68. The van der Waals surface area contributed by atoms with E-state index in [0.29, 0.717) is 28.2 Å². The van der Waals surface area contributed by atoms with Crippen molar-refractivity contribution in [2.75, 3.05) is 5.73 Å². The van der Waals surface area contributed by atoms with Crippen LogP contribution in [-0.2, 0) is 6.54 Å². The number of imidazole rings is 1. The zero-order valence-electron chi connectivity index (χ0n) is 11.1. The molecule has 0 fully saturated rings. The molecule has 20 heavy (non-hydrogen) atoms. The smallest absolute Gasteiger partial charge is 0.207 e. The summed E-state index contributed by atoms with van der Waals surface area (Å²) in [5.74, 6) is 0.367. The predicted molar refractivity (Wildman–Crippen MR) is 81.7 cm³/mol. The number of hydrogen-bond donors (Lipinski definition) is 1. The summed E-state index contributed by atoms with van der Waals surface area (Å²) in [5, 5.41) is 5.37. The molecule has 2 aromatic heterocycles. The SMILES string of the molecule is CCn1nc(C)c2nc(N)n(-c3cccc(Cl)c3Cl)c21. The van der Waals surface area contributed by atoms with Crippen LogP contribution in [0.4, 0.5) is 5.95 Å². The predicted octanol–water partition coefficient (Wildman–Crippen LogP) is 3.44. The van der Waals surface area contributed by atoms with Gasteiger partial charge in [-0.2, -0.15) is 5.10 Å². The van der Waals surface area contributed by atoms with Gasteiger partial charge in [-0.15, -0.1) is 0 Å². The van der Waals surface area contributed by atoms with Gasteiger partial charge in [0.25, 0.3) is 0 Å². The molecule has 2 N–H and O–H groups in total. The molecule has 104 valence electrons. The maximum absolute atomic E-state index is 6.29. The number of halogens is 2. The molecular formula is C13H13Cl2N5. The molecule has 0 bridgehead atoms. The van der Waals surface area contributed by atoms with E-state index in [1.807, 2.05) is 30.7 Å². The quantitative estimate of drug-likeness (QED) is 0.788. The van der Waals surface area contributed by atoms with Crippen molar-refractivity contribution in [2.45, 2.75) is 20.4 Å². The Morgan fingerprint density at radius 3 is 2.75 bits per heavy atom. The average molecular weight is 310 g/mol. The fraction of sp³-hybridized carbons (Fsp3) is 0.231. The number of aryl methyl sites for hydroxylation is 2. The molecule has 1 aromatic carbocycles. The highest BCUT2D eigenvalue weighted by atomic mass is 35.5. The minimum atomic E-state index is 0.367. The monoisotopic (exact) mass is 309 g/mol. The van der Waals surface area contributed by atoms with Gasteiger partial charge in [0, 0.05) is 6.54 Å². The molecule has 0 radical (unpaired) electrons. The van der Waals surface area contributed by atoms with Gasteiger partial charge in [0.1, 0.15) is 5.52 Å². The van der Waals surface area contributed by atoms with Gasteiger partial charge in [0.2, 0.25) is 5.95 Å². The summed E-state index contributed by atoms with van der Waals surface area (Å²) in [4.78, 5) is 4.38. The van der Waals surface area contributed by atoms with Crippen molar-refractivity contribution < 1.29 is 0 Å². The van der Waals surface area contributed by atoms with E-state index in [4.69, 9.17) is 28.9 Å². The molecule has 3 rings (SSSR count). The number of benzene rings is 1. The van der Waals surface area contributed by atoms with Crippen LogP contribution in [0.25, 0.3) is 16.9 Å². The van der Waals surface area contributed by atoms with Crippen LogP contribution in [-0.4, -0.2) is 19.3 Å². The largest absolute Gasteiger partial charge is 0.369 e. The number of aromatic nitrogens is 4. The molecule has 0 unspecified atom stereocenters. The molecule has 0 aliphatic carbocycles. The fourth-order valence-corrected chi connectivity index (χ4v) is 2.69. The van der Waals surface area contributed by atoms with Crippen molar-refractivity contribution in [1.82, 2.24) is 19.3 Å². The highest BCUT2D eigenvalue weighted by Gasteiger charge is 2.19. The van der Waals surface area contributed by atoms with E-state index in [9.17, 15) is 0 Å². The maximum atomic E-state index is 6.29. The molecule has 0 spiro atoms. The maximum Gasteiger partial charge on any atom is 0.207 e. The number of nitrogens with zero attached hydrogens (tertiary/aromatic N) is 4. The Balaban J connectivity index is 2.41. The lowest BCUT2D eigenvalue weighted by Crippen LogP contribution is -2.07. The summed E-state index contributed by atoms with van der Waals surface area (Å²) in [6, 6.07) is 5.42. The highest BCUT2D eigenvalue weighted by molar-refractivity contribution is 6.43. The molecule has 0 atom stereocenters. The first-order valence-corrected chi connectivity index (χ1v) is 6.96. The van der Waals surface area contributed by atoms with Crippen LogP contribution < -0.4 is 5.73 Å². The Hall–Kier alpha value is -1.72. The van der Waals surface area contributed by atoms with Crippen LogP contribution >= 0.6 is 23.2 Å². The molecule has 0 saturated carbocycles. The number of hydrogen-bond acceptors (Lipinski definition) is 3. The Bertz CT molecular complexity index is 803. The van der Waals surface area contributed by atoms with E-state index in [-0.39, 0.29) is 0 Å². The number of rotatable bonds is 2. The third-order valence-corrected chi connectivity index (χ3v) is 4.02. The van der Waals surface area contributed by atoms with Gasteiger partial charge < -0.3 is 5.73 Å². The van der Waals surface area contributed by atoms with Crippen molar-refractivity contribution in [2.24, 2.45) is 0 Å². The van der Waals surface area contributed by atoms with E-state index in [1.54, 1.807) is 10.6 Å². The van der Waals surface area contributed by atoms with E-state index in [2.05, 4.69) is 10.1 Å². The van der Waals surface area contributed by atoms with Crippen molar-refractivity contribution in [1.29, 1.82) is 0 Å². The Morgan fingerprint density at radius 1 is 1.30 bits per heavy atom. The van der Waals surface area contributed by atoms with Crippen LogP contribution in [0.15, 0.2) is 18.2 Å². The van der Waals surface area contributed by atoms with Gasteiger partial charge in [-0.25, -0.2) is 9.67 Å². The second-order valence-electron chi connectivity index (χ2n) is 4.45. The lowest BCUT2D eigenvalue weighted by molar-refractivity contribution is 0.663. The van der Waals surface area contributed by atoms with Gasteiger partial charge in [-0.3, -0.25) is 4.57 Å². The number of fused-ring (bicyclic) bond motifs is 1. The number of nitrogen functional groups attached to an aromatic ring is 1. The van der Waals surface area contributed by atoms with E-state index >= 15 is 0 Å². The average Bonchev–Trinajstić information content (AvgIpc) is 2.90. The van der Waals surface area contributed by atoms with Crippen LogP contribution in [0.3, 0.4) is 0 Å². The highest BCUT2D eigenvalue weighted by Crippen LogP contribution is 2.33. The molecule has 2 heterocycles.